The van der Waals surface area contributed by atoms with Crippen molar-refractivity contribution in [1.29, 1.82) is 0 Å². The van der Waals surface area contributed by atoms with Gasteiger partial charge in [-0.1, -0.05) is 73.5 Å². The third-order valence-corrected chi connectivity index (χ3v) is 9.66. The van der Waals surface area contributed by atoms with Gasteiger partial charge in [-0.15, -0.1) is 0 Å². The molecule has 4 heterocycles. The second-order valence-corrected chi connectivity index (χ2v) is 12.7. The second-order valence-electron chi connectivity index (χ2n) is 12.7. The molecule has 43 heavy (non-hydrogen) atoms. The van der Waals surface area contributed by atoms with E-state index in [4.69, 9.17) is 0 Å². The molecule has 0 aliphatic carbocycles. The molecule has 206 valence electrons. The first kappa shape index (κ1) is 24.4. The lowest BCUT2D eigenvalue weighted by atomic mass is 9.73. The summed E-state index contributed by atoms with van der Waals surface area (Å²) in [6.07, 6.45) is 3.87. The van der Waals surface area contributed by atoms with E-state index in [1.54, 1.807) is 0 Å². The van der Waals surface area contributed by atoms with Crippen LogP contribution in [-0.4, -0.2) is 14.1 Å². The van der Waals surface area contributed by atoms with E-state index in [-0.39, 0.29) is 5.41 Å². The zero-order valence-electron chi connectivity index (χ0n) is 24.8. The van der Waals surface area contributed by atoms with Gasteiger partial charge in [-0.2, -0.15) is 0 Å². The molecule has 1 aliphatic heterocycles. The molecule has 0 atom stereocenters. The summed E-state index contributed by atoms with van der Waals surface area (Å²) in [5.41, 5.74) is 15.1. The van der Waals surface area contributed by atoms with Gasteiger partial charge in [-0.25, -0.2) is 0 Å². The van der Waals surface area contributed by atoms with Crippen molar-refractivity contribution in [1.82, 2.24) is 14.1 Å². The Hall–Kier alpha value is -5.15. The van der Waals surface area contributed by atoms with Crippen LogP contribution in [0.5, 0.6) is 0 Å². The molecule has 0 bridgehead atoms. The molecular weight excluding hydrogens is 522 g/mol. The maximum absolute atomic E-state index is 4.46. The molecule has 3 heteroatoms. The Bertz CT molecular complexity index is 2440. The Kier molecular flexibility index (Phi) is 4.81. The summed E-state index contributed by atoms with van der Waals surface area (Å²) < 4.78 is 4.87. The number of pyridine rings is 1. The van der Waals surface area contributed by atoms with E-state index >= 15 is 0 Å². The van der Waals surface area contributed by atoms with Gasteiger partial charge in [0.05, 0.1) is 27.8 Å². The molecule has 3 aromatic heterocycles. The average Bonchev–Trinajstić information content (AvgIpc) is 3.52. The lowest BCUT2D eigenvalue weighted by Crippen LogP contribution is -2.26. The monoisotopic (exact) mass is 553 g/mol. The highest BCUT2D eigenvalue weighted by molar-refractivity contribution is 6.12. The third-order valence-electron chi connectivity index (χ3n) is 9.66. The highest BCUT2D eigenvalue weighted by Gasteiger charge is 2.35. The molecule has 0 saturated carbocycles. The van der Waals surface area contributed by atoms with Gasteiger partial charge in [0, 0.05) is 45.0 Å². The maximum Gasteiger partial charge on any atom is 0.0582 e. The van der Waals surface area contributed by atoms with Crippen LogP contribution in [0.15, 0.2) is 116 Å². The fraction of sp³-hybridized carbons (Fsp3) is 0.125. The standard InChI is InChI=1S/C40H31N3/c1-24-10-14-35-30(18-24)31-19-25(2)20-34-39(31)43(35)37-15-12-26(21-33(37)40(34,3)4)27-11-13-29-32-23-41-17-16-36(32)42(38(29)22-27)28-8-6-5-7-9-28/h5-23H,1-4H3. The quantitative estimate of drug-likeness (QED) is 0.209. The number of hydrogen-bond acceptors (Lipinski definition) is 1. The Morgan fingerprint density at radius 2 is 1.33 bits per heavy atom. The summed E-state index contributed by atoms with van der Waals surface area (Å²) in [6.45, 7) is 9.20. The van der Waals surface area contributed by atoms with Crippen molar-refractivity contribution in [2.75, 3.05) is 0 Å². The summed E-state index contributed by atoms with van der Waals surface area (Å²) in [6, 6.07) is 38.4. The molecule has 3 nitrogen and oxygen atoms in total. The number of fused-ring (bicyclic) bond motifs is 8. The molecule has 0 unspecified atom stereocenters. The number of rotatable bonds is 2. The van der Waals surface area contributed by atoms with E-state index in [0.29, 0.717) is 0 Å². The third kappa shape index (κ3) is 3.28. The predicted octanol–water partition coefficient (Wildman–Crippen LogP) is 10.2. The topological polar surface area (TPSA) is 22.8 Å². The van der Waals surface area contributed by atoms with Crippen molar-refractivity contribution in [2.24, 2.45) is 0 Å². The number of nitrogens with zero attached hydrogens (tertiary/aromatic N) is 3. The lowest BCUT2D eigenvalue weighted by molar-refractivity contribution is 0.630. The molecule has 0 spiro atoms. The zero-order valence-corrected chi connectivity index (χ0v) is 24.8. The van der Waals surface area contributed by atoms with Crippen LogP contribution in [0, 0.1) is 13.8 Å². The number of aromatic nitrogens is 3. The van der Waals surface area contributed by atoms with E-state index < -0.39 is 0 Å². The summed E-state index contributed by atoms with van der Waals surface area (Å²) in [5.74, 6) is 0. The van der Waals surface area contributed by atoms with Crippen molar-refractivity contribution < 1.29 is 0 Å². The van der Waals surface area contributed by atoms with Crippen molar-refractivity contribution >= 4 is 43.6 Å². The molecule has 9 rings (SSSR count). The minimum absolute atomic E-state index is 0.149. The summed E-state index contributed by atoms with van der Waals surface area (Å²) in [4.78, 5) is 4.46. The van der Waals surface area contributed by atoms with Crippen LogP contribution in [0.2, 0.25) is 0 Å². The zero-order chi connectivity index (χ0) is 29.0. The van der Waals surface area contributed by atoms with Gasteiger partial charge in [0.2, 0.25) is 0 Å². The summed E-state index contributed by atoms with van der Waals surface area (Å²) in [7, 11) is 0. The van der Waals surface area contributed by atoms with Gasteiger partial charge in [0.1, 0.15) is 0 Å². The average molecular weight is 554 g/mol. The van der Waals surface area contributed by atoms with E-state index in [9.17, 15) is 0 Å². The molecule has 1 aliphatic rings. The van der Waals surface area contributed by atoms with Gasteiger partial charge >= 0.3 is 0 Å². The van der Waals surface area contributed by atoms with E-state index in [1.807, 2.05) is 12.4 Å². The Morgan fingerprint density at radius 1 is 0.558 bits per heavy atom. The molecule has 0 amide bonds. The minimum atomic E-state index is -0.149. The number of benzene rings is 5. The Balaban J connectivity index is 1.31. The highest BCUT2D eigenvalue weighted by atomic mass is 15.0. The van der Waals surface area contributed by atoms with Gasteiger partial charge < -0.3 is 9.13 Å². The predicted molar refractivity (Wildman–Crippen MR) is 180 cm³/mol. The summed E-state index contributed by atoms with van der Waals surface area (Å²) in [5, 5.41) is 5.08. The molecule has 0 radical (unpaired) electrons. The maximum atomic E-state index is 4.46. The first-order chi connectivity index (χ1) is 20.9. The van der Waals surface area contributed by atoms with Crippen LogP contribution in [0.25, 0.3) is 66.1 Å². The Morgan fingerprint density at radius 3 is 2.19 bits per heavy atom. The van der Waals surface area contributed by atoms with Gasteiger partial charge in [0.25, 0.3) is 0 Å². The van der Waals surface area contributed by atoms with Crippen LogP contribution in [0.1, 0.15) is 36.1 Å². The Labute approximate surface area is 250 Å². The van der Waals surface area contributed by atoms with Crippen LogP contribution in [0.4, 0.5) is 0 Å². The largest absolute Gasteiger partial charge is 0.309 e. The first-order valence-corrected chi connectivity index (χ1v) is 15.0. The molecule has 0 N–H and O–H groups in total. The smallest absolute Gasteiger partial charge is 0.0582 e. The molecule has 8 aromatic rings. The molecule has 0 saturated heterocycles. The van der Waals surface area contributed by atoms with Crippen LogP contribution in [-0.2, 0) is 5.41 Å². The van der Waals surface area contributed by atoms with Gasteiger partial charge in [-0.3, -0.25) is 4.98 Å². The summed E-state index contributed by atoms with van der Waals surface area (Å²) >= 11 is 0. The first-order valence-electron chi connectivity index (χ1n) is 15.0. The number of hydrogen-bond donors (Lipinski definition) is 0. The van der Waals surface area contributed by atoms with E-state index in [1.165, 1.54) is 82.7 Å². The van der Waals surface area contributed by atoms with E-state index in [2.05, 4.69) is 145 Å². The van der Waals surface area contributed by atoms with Crippen molar-refractivity contribution in [3.8, 4) is 22.5 Å². The lowest BCUT2D eigenvalue weighted by Gasteiger charge is -2.35. The second kappa shape index (κ2) is 8.45. The highest BCUT2D eigenvalue weighted by Crippen LogP contribution is 2.49. The van der Waals surface area contributed by atoms with Crippen LogP contribution in [0.3, 0.4) is 0 Å². The van der Waals surface area contributed by atoms with Crippen LogP contribution >= 0.6 is 0 Å². The van der Waals surface area contributed by atoms with Crippen LogP contribution < -0.4 is 0 Å². The van der Waals surface area contributed by atoms with Gasteiger partial charge in [0.15, 0.2) is 0 Å². The molecule has 0 fully saturated rings. The molecular formula is C40H31N3. The molecule has 5 aromatic carbocycles. The fourth-order valence-corrected chi connectivity index (χ4v) is 7.59. The number of aryl methyl sites for hydroxylation is 2. The van der Waals surface area contributed by atoms with Crippen molar-refractivity contribution in [3.05, 3.63) is 138 Å². The van der Waals surface area contributed by atoms with Gasteiger partial charge in [-0.05, 0) is 90.7 Å². The minimum Gasteiger partial charge on any atom is -0.309 e. The van der Waals surface area contributed by atoms with Crippen molar-refractivity contribution in [2.45, 2.75) is 33.1 Å². The fourth-order valence-electron chi connectivity index (χ4n) is 7.59. The normalized spacial score (nSPS) is 13.8. The van der Waals surface area contributed by atoms with Crippen molar-refractivity contribution in [3.63, 3.8) is 0 Å². The number of para-hydroxylation sites is 1. The SMILES string of the molecule is Cc1ccc2c(c1)c1cc(C)cc3c1n2-c1ccc(-c2ccc4c5cnccc5n(-c5ccccc5)c4c2)cc1C3(C)C. The van der Waals surface area contributed by atoms with E-state index in [0.717, 1.165) is 5.69 Å².